The van der Waals surface area contributed by atoms with Crippen molar-refractivity contribution in [1.82, 2.24) is 24.7 Å². The number of phosphoric acid groups is 1. The summed E-state index contributed by atoms with van der Waals surface area (Å²) < 4.78 is 10.8. The lowest BCUT2D eigenvalue weighted by Crippen LogP contribution is -2.10. The molecule has 1 aliphatic carbocycles. The Bertz CT molecular complexity index is 975. The van der Waals surface area contributed by atoms with Crippen LogP contribution in [0.2, 0.25) is 0 Å². The number of nitriles is 1. The van der Waals surface area contributed by atoms with Crippen LogP contribution in [0.3, 0.4) is 0 Å². The average molecular weight is 376 g/mol. The first-order valence-corrected chi connectivity index (χ1v) is 9.41. The van der Waals surface area contributed by atoms with E-state index < -0.39 is 7.82 Å². The van der Waals surface area contributed by atoms with Crippen molar-refractivity contribution >= 4 is 18.9 Å². The lowest BCUT2D eigenvalue weighted by molar-refractivity contribution is 0.275. The maximum atomic E-state index is 9.00. The smallest absolute Gasteiger partial charge is 0.346 e. The highest BCUT2D eigenvalue weighted by molar-refractivity contribution is 7.45. The van der Waals surface area contributed by atoms with E-state index in [2.05, 4.69) is 26.1 Å². The molecule has 0 aromatic carbocycles. The molecule has 1 fully saturated rings. The normalized spacial score (nSPS) is 15.2. The number of fused-ring (bicyclic) bond motifs is 1. The first-order chi connectivity index (χ1) is 12.4. The number of hydrogen-bond donors (Lipinski definition) is 4. The Hall–Kier alpha value is -2.57. The summed E-state index contributed by atoms with van der Waals surface area (Å²) in [5, 5.41) is 14.4. The van der Waals surface area contributed by atoms with Gasteiger partial charge in [0.2, 0.25) is 0 Å². The van der Waals surface area contributed by atoms with Gasteiger partial charge in [-0.1, -0.05) is 0 Å². The molecule has 1 saturated carbocycles. The number of nitrogens with zero attached hydrogens (tertiary/aromatic N) is 5. The van der Waals surface area contributed by atoms with Gasteiger partial charge in [0, 0.05) is 23.3 Å². The first kappa shape index (κ1) is 18.2. The van der Waals surface area contributed by atoms with Gasteiger partial charge in [-0.05, 0) is 24.8 Å². The van der Waals surface area contributed by atoms with Crippen LogP contribution in [-0.4, -0.2) is 39.4 Å². The highest BCUT2D eigenvalue weighted by Gasteiger charge is 2.33. The second kappa shape index (κ2) is 7.35. The van der Waals surface area contributed by atoms with Crippen LogP contribution in [0.25, 0.3) is 22.3 Å². The van der Waals surface area contributed by atoms with Gasteiger partial charge in [-0.2, -0.15) is 10.4 Å². The van der Waals surface area contributed by atoms with Crippen LogP contribution in [0.4, 0.5) is 0 Å². The van der Waals surface area contributed by atoms with E-state index in [0.717, 1.165) is 22.3 Å². The van der Waals surface area contributed by atoms with E-state index in [0.29, 0.717) is 12.3 Å². The topological polar surface area (TPSA) is 161 Å². The summed E-state index contributed by atoms with van der Waals surface area (Å²) in [4.78, 5) is 33.2. The molecular weight excluding hydrogens is 359 g/mol. The molecule has 136 valence electrons. The number of hydrogen-bond acceptors (Lipinski definition) is 5. The van der Waals surface area contributed by atoms with Gasteiger partial charge in [-0.25, -0.2) is 14.5 Å². The lowest BCUT2D eigenvalue weighted by Gasteiger charge is -2.12. The summed E-state index contributed by atoms with van der Waals surface area (Å²) in [6, 6.07) is 4.43. The van der Waals surface area contributed by atoms with Crippen molar-refractivity contribution in [2.24, 2.45) is 5.92 Å². The van der Waals surface area contributed by atoms with Crippen molar-refractivity contribution < 1.29 is 19.2 Å². The highest BCUT2D eigenvalue weighted by atomic mass is 31.2. The molecule has 4 N–H and O–H groups in total. The number of H-pyrrole nitrogens is 1. The molecule has 3 heterocycles. The van der Waals surface area contributed by atoms with Gasteiger partial charge in [0.05, 0.1) is 30.4 Å². The fourth-order valence-corrected chi connectivity index (χ4v) is 2.79. The third-order valence-electron chi connectivity index (χ3n) is 4.04. The fraction of sp³-hybridized carbons (Fsp3) is 0.333. The Labute approximate surface area is 148 Å². The summed E-state index contributed by atoms with van der Waals surface area (Å²) >= 11 is 0. The minimum atomic E-state index is -4.64. The minimum absolute atomic E-state index is 0.187. The predicted octanol–water partition coefficient (Wildman–Crippen LogP) is 1.76. The molecule has 0 amide bonds. The molecule has 11 heteroatoms. The molecule has 4 rings (SSSR count). The van der Waals surface area contributed by atoms with E-state index in [1.165, 1.54) is 12.8 Å². The molecule has 0 bridgehead atoms. The van der Waals surface area contributed by atoms with Gasteiger partial charge in [-0.15, -0.1) is 0 Å². The Morgan fingerprint density at radius 1 is 1.38 bits per heavy atom. The van der Waals surface area contributed by atoms with Crippen molar-refractivity contribution in [2.75, 3.05) is 0 Å². The number of nitrogens with one attached hydrogen (secondary N) is 1. The standard InChI is InChI=1S/C15H14N6.H3O4P/c16-5-3-13(10-1-2-10)21-8-11(7-20-21)14-12-4-6-17-15(12)19-9-18-14;1-5(2,3)4/h4,6-10,13H,1-3H2,(H,17,18,19);(H3,1,2,3,4)/t13-;/m1./s1. The maximum absolute atomic E-state index is 9.00. The van der Waals surface area contributed by atoms with Gasteiger partial charge in [0.25, 0.3) is 0 Å². The van der Waals surface area contributed by atoms with Crippen LogP contribution in [-0.2, 0) is 4.57 Å². The van der Waals surface area contributed by atoms with Gasteiger partial charge in [-0.3, -0.25) is 4.68 Å². The summed E-state index contributed by atoms with van der Waals surface area (Å²) in [6.45, 7) is 0. The maximum Gasteiger partial charge on any atom is 0.466 e. The van der Waals surface area contributed by atoms with Crippen LogP contribution in [0.15, 0.2) is 31.0 Å². The van der Waals surface area contributed by atoms with Crippen molar-refractivity contribution in [2.45, 2.75) is 25.3 Å². The number of aromatic amines is 1. The van der Waals surface area contributed by atoms with E-state index in [1.54, 1.807) is 6.33 Å². The molecule has 1 aliphatic rings. The zero-order chi connectivity index (χ0) is 18.7. The van der Waals surface area contributed by atoms with Crippen molar-refractivity contribution in [3.05, 3.63) is 31.0 Å². The van der Waals surface area contributed by atoms with E-state index in [1.807, 2.05) is 29.3 Å². The fourth-order valence-electron chi connectivity index (χ4n) is 2.79. The molecule has 3 aromatic heterocycles. The first-order valence-electron chi connectivity index (χ1n) is 7.84. The Balaban J connectivity index is 0.000000349. The molecule has 0 radical (unpaired) electrons. The van der Waals surface area contributed by atoms with Crippen LogP contribution in [0.5, 0.6) is 0 Å². The highest BCUT2D eigenvalue weighted by Crippen LogP contribution is 2.41. The molecule has 10 nitrogen and oxygen atoms in total. The van der Waals surface area contributed by atoms with E-state index in [9.17, 15) is 0 Å². The predicted molar refractivity (Wildman–Crippen MR) is 91.4 cm³/mol. The Kier molecular flexibility index (Phi) is 5.15. The molecule has 3 aromatic rings. The Morgan fingerprint density at radius 3 is 2.77 bits per heavy atom. The quantitative estimate of drug-likeness (QED) is 0.501. The van der Waals surface area contributed by atoms with Crippen molar-refractivity contribution in [3.63, 3.8) is 0 Å². The van der Waals surface area contributed by atoms with E-state index >= 15 is 0 Å². The zero-order valence-corrected chi connectivity index (χ0v) is 14.5. The second-order valence-corrected chi connectivity index (χ2v) is 6.98. The van der Waals surface area contributed by atoms with Crippen LogP contribution in [0, 0.1) is 17.2 Å². The van der Waals surface area contributed by atoms with Gasteiger partial charge < -0.3 is 19.7 Å². The molecule has 0 aliphatic heterocycles. The van der Waals surface area contributed by atoms with E-state index in [4.69, 9.17) is 24.5 Å². The average Bonchev–Trinajstić information content (AvgIpc) is 3.09. The lowest BCUT2D eigenvalue weighted by atomic mass is 10.1. The SMILES string of the molecule is N#CC[C@H](C1CC1)n1cc(-c2ncnc3[nH]ccc23)cn1.O=P(O)(O)O. The molecule has 0 saturated heterocycles. The summed E-state index contributed by atoms with van der Waals surface area (Å²) in [6.07, 6.45) is 10.1. The molecule has 0 spiro atoms. The van der Waals surface area contributed by atoms with Crippen molar-refractivity contribution in [3.8, 4) is 17.3 Å². The summed E-state index contributed by atoms with van der Waals surface area (Å²) in [5.74, 6) is 0.593. The molecule has 26 heavy (non-hydrogen) atoms. The monoisotopic (exact) mass is 376 g/mol. The third-order valence-corrected chi connectivity index (χ3v) is 4.04. The van der Waals surface area contributed by atoms with Crippen LogP contribution < -0.4 is 0 Å². The molecule has 0 unspecified atom stereocenters. The van der Waals surface area contributed by atoms with Gasteiger partial charge in [0.15, 0.2) is 0 Å². The van der Waals surface area contributed by atoms with Gasteiger partial charge >= 0.3 is 7.82 Å². The van der Waals surface area contributed by atoms with Crippen LogP contribution >= 0.6 is 7.82 Å². The Morgan fingerprint density at radius 2 is 2.12 bits per heavy atom. The number of rotatable bonds is 4. The number of aromatic nitrogens is 5. The summed E-state index contributed by atoms with van der Waals surface area (Å²) in [5.41, 5.74) is 2.66. The zero-order valence-electron chi connectivity index (χ0n) is 13.6. The second-order valence-electron chi connectivity index (χ2n) is 5.95. The molecular formula is C15H17N6O4P. The van der Waals surface area contributed by atoms with Gasteiger partial charge in [0.1, 0.15) is 12.0 Å². The summed E-state index contributed by atoms with van der Waals surface area (Å²) in [7, 11) is -4.64. The van der Waals surface area contributed by atoms with Crippen LogP contribution in [0.1, 0.15) is 25.3 Å². The largest absolute Gasteiger partial charge is 0.466 e. The minimum Gasteiger partial charge on any atom is -0.346 e. The van der Waals surface area contributed by atoms with Crippen molar-refractivity contribution in [1.29, 1.82) is 5.26 Å². The third kappa shape index (κ3) is 4.53. The van der Waals surface area contributed by atoms with E-state index in [-0.39, 0.29) is 6.04 Å². The molecule has 1 atom stereocenters.